The molecule has 1 atom stereocenters. The molecule has 0 saturated carbocycles. The van der Waals surface area contributed by atoms with Gasteiger partial charge in [-0.15, -0.1) is 0 Å². The number of hydrogen-bond acceptors (Lipinski definition) is 6. The summed E-state index contributed by atoms with van der Waals surface area (Å²) in [6.45, 7) is -0.636. The van der Waals surface area contributed by atoms with E-state index in [-0.39, 0.29) is 27.4 Å². The first kappa shape index (κ1) is 17.1. The lowest BCUT2D eigenvalue weighted by atomic mass is 9.90. The fraction of sp³-hybridized carbons (Fsp3) is 0.133. The van der Waals surface area contributed by atoms with E-state index in [0.717, 1.165) is 24.3 Å². The molecular weight excluding hydrogens is 357 g/mol. The molecule has 2 aromatic carbocycles. The van der Waals surface area contributed by atoms with Crippen molar-refractivity contribution in [2.24, 2.45) is 0 Å². The summed E-state index contributed by atoms with van der Waals surface area (Å²) in [5.41, 5.74) is 1.69. The number of fused-ring (bicyclic) bond motifs is 1. The van der Waals surface area contributed by atoms with Gasteiger partial charge in [0.25, 0.3) is 11.6 Å². The highest BCUT2D eigenvalue weighted by atomic mass is 35.5. The number of rotatable bonds is 3. The van der Waals surface area contributed by atoms with Gasteiger partial charge in [-0.3, -0.25) is 14.9 Å². The number of aliphatic hydroxyl groups is 2. The van der Waals surface area contributed by atoms with Crippen LogP contribution in [0.15, 0.2) is 24.3 Å². The van der Waals surface area contributed by atoms with Gasteiger partial charge in [0.2, 0.25) is 0 Å². The molecule has 5 N–H and O–H groups in total. The van der Waals surface area contributed by atoms with Crippen LogP contribution in [-0.4, -0.2) is 21.0 Å². The van der Waals surface area contributed by atoms with E-state index in [0.29, 0.717) is 0 Å². The molecule has 1 heterocycles. The van der Waals surface area contributed by atoms with E-state index in [9.17, 15) is 29.5 Å². The Balaban J connectivity index is 2.39. The molecule has 3 rings (SSSR count). The first-order valence-corrected chi connectivity index (χ1v) is 7.30. The molecule has 130 valence electrons. The maximum atomic E-state index is 13.3. The number of anilines is 1. The number of benzene rings is 2. The Morgan fingerprint density at radius 1 is 1.40 bits per heavy atom. The van der Waals surface area contributed by atoms with Gasteiger partial charge >= 0.3 is 0 Å². The quantitative estimate of drug-likeness (QED) is 0.367. The van der Waals surface area contributed by atoms with Gasteiger partial charge in [-0.1, -0.05) is 11.6 Å². The third-order valence-electron chi connectivity index (χ3n) is 4.00. The Hall–Kier alpha value is -2.75. The second-order valence-corrected chi connectivity index (χ2v) is 5.83. The van der Waals surface area contributed by atoms with Crippen LogP contribution in [0.4, 0.5) is 15.8 Å². The number of nitro benzene ring substituents is 1. The second-order valence-electron chi connectivity index (χ2n) is 5.42. The summed E-state index contributed by atoms with van der Waals surface area (Å²) in [7, 11) is 0. The zero-order chi connectivity index (χ0) is 18.5. The first-order chi connectivity index (χ1) is 11.7. The van der Waals surface area contributed by atoms with Gasteiger partial charge in [-0.05, 0) is 18.2 Å². The molecule has 0 bridgehead atoms. The number of aliphatic hydroxyl groups excluding tert-OH is 1. The lowest BCUT2D eigenvalue weighted by molar-refractivity contribution is -0.386. The lowest BCUT2D eigenvalue weighted by Gasteiger charge is -2.25. The highest BCUT2D eigenvalue weighted by Gasteiger charge is 2.50. The van der Waals surface area contributed by atoms with Crippen molar-refractivity contribution in [2.45, 2.75) is 12.3 Å². The molecule has 1 aliphatic rings. The largest absolute Gasteiger partial charge is 0.398 e. The summed E-state index contributed by atoms with van der Waals surface area (Å²) in [6.07, 6.45) is 0. The standard InChI is InChI=1S/C15H11ClFN3O5/c16-9-4-7(17)1-2-8(9)15(23)12-10(20(24)25)3-6(5-21)13(18)11(12)14(22)19-15/h1-4,21,23H,5,18H2,(H,19,22). The molecule has 25 heavy (non-hydrogen) atoms. The van der Waals surface area contributed by atoms with Gasteiger partial charge in [0.05, 0.1) is 27.8 Å². The Labute approximate surface area is 144 Å². The maximum absolute atomic E-state index is 13.3. The molecule has 0 fully saturated rings. The van der Waals surface area contributed by atoms with Gasteiger partial charge in [0.1, 0.15) is 11.4 Å². The van der Waals surface area contributed by atoms with E-state index in [2.05, 4.69) is 5.32 Å². The van der Waals surface area contributed by atoms with Crippen LogP contribution < -0.4 is 11.1 Å². The van der Waals surface area contributed by atoms with Crippen LogP contribution in [0.1, 0.15) is 27.0 Å². The van der Waals surface area contributed by atoms with E-state index >= 15 is 0 Å². The zero-order valence-corrected chi connectivity index (χ0v) is 13.2. The van der Waals surface area contributed by atoms with Gasteiger partial charge in [-0.2, -0.15) is 0 Å². The van der Waals surface area contributed by atoms with Crippen molar-refractivity contribution in [3.05, 3.63) is 67.5 Å². The fourth-order valence-electron chi connectivity index (χ4n) is 2.89. The van der Waals surface area contributed by atoms with E-state index in [1.165, 1.54) is 0 Å². The highest BCUT2D eigenvalue weighted by molar-refractivity contribution is 6.31. The minimum Gasteiger partial charge on any atom is -0.398 e. The predicted octanol–water partition coefficient (Wildman–Crippen LogP) is 1.40. The Morgan fingerprint density at radius 3 is 2.64 bits per heavy atom. The summed E-state index contributed by atoms with van der Waals surface area (Å²) in [5, 5.41) is 33.7. The second kappa shape index (κ2) is 5.66. The average Bonchev–Trinajstić information content (AvgIpc) is 2.80. The molecule has 0 aliphatic carbocycles. The molecule has 0 aromatic heterocycles. The maximum Gasteiger partial charge on any atom is 0.279 e. The van der Waals surface area contributed by atoms with Crippen LogP contribution >= 0.6 is 11.6 Å². The molecule has 10 heteroatoms. The number of amides is 1. The minimum atomic E-state index is -2.37. The van der Waals surface area contributed by atoms with E-state index < -0.39 is 40.2 Å². The van der Waals surface area contributed by atoms with Crippen molar-refractivity contribution in [3.63, 3.8) is 0 Å². The van der Waals surface area contributed by atoms with Crippen LogP contribution in [0.2, 0.25) is 5.02 Å². The van der Waals surface area contributed by atoms with Crippen molar-refractivity contribution < 1.29 is 24.3 Å². The number of carbonyl (C=O) groups is 1. The molecule has 0 spiro atoms. The SMILES string of the molecule is Nc1c(CO)cc([N+](=O)[O-])c2c1C(=O)NC2(O)c1ccc(F)cc1Cl. The van der Waals surface area contributed by atoms with Gasteiger partial charge < -0.3 is 21.3 Å². The molecule has 1 aliphatic heterocycles. The number of nitrogens with zero attached hydrogens (tertiary/aromatic N) is 1. The van der Waals surface area contributed by atoms with Crippen LogP contribution in [0.3, 0.4) is 0 Å². The van der Waals surface area contributed by atoms with Crippen LogP contribution in [0, 0.1) is 15.9 Å². The Kier molecular flexibility index (Phi) is 3.87. The molecule has 8 nitrogen and oxygen atoms in total. The van der Waals surface area contributed by atoms with Crippen molar-refractivity contribution >= 4 is 28.9 Å². The van der Waals surface area contributed by atoms with Crippen molar-refractivity contribution in [1.82, 2.24) is 5.32 Å². The summed E-state index contributed by atoms with van der Waals surface area (Å²) in [4.78, 5) is 22.9. The van der Waals surface area contributed by atoms with Crippen LogP contribution in [0.5, 0.6) is 0 Å². The third-order valence-corrected chi connectivity index (χ3v) is 4.32. The topological polar surface area (TPSA) is 139 Å². The molecular formula is C15H11ClFN3O5. The minimum absolute atomic E-state index is 0.0324. The zero-order valence-electron chi connectivity index (χ0n) is 12.4. The summed E-state index contributed by atoms with van der Waals surface area (Å²) < 4.78 is 13.3. The summed E-state index contributed by atoms with van der Waals surface area (Å²) in [6, 6.07) is 3.96. The molecule has 1 amide bonds. The van der Waals surface area contributed by atoms with Gasteiger partial charge in [0, 0.05) is 17.2 Å². The Bertz CT molecular complexity index is 936. The number of hydrogen-bond donors (Lipinski definition) is 4. The van der Waals surface area contributed by atoms with Crippen molar-refractivity contribution in [1.29, 1.82) is 0 Å². The Morgan fingerprint density at radius 2 is 2.08 bits per heavy atom. The molecule has 2 aromatic rings. The van der Waals surface area contributed by atoms with E-state index in [1.807, 2.05) is 0 Å². The first-order valence-electron chi connectivity index (χ1n) is 6.92. The number of nitrogens with one attached hydrogen (secondary N) is 1. The normalized spacial score (nSPS) is 18.8. The molecule has 0 radical (unpaired) electrons. The van der Waals surface area contributed by atoms with Crippen molar-refractivity contribution in [3.8, 4) is 0 Å². The third kappa shape index (κ3) is 2.40. The van der Waals surface area contributed by atoms with Crippen molar-refractivity contribution in [2.75, 3.05) is 5.73 Å². The number of nitrogens with two attached hydrogens (primary N) is 1. The summed E-state index contributed by atoms with van der Waals surface area (Å²) >= 11 is 5.95. The van der Waals surface area contributed by atoms with E-state index in [1.54, 1.807) is 0 Å². The number of halogens is 2. The fourth-order valence-corrected chi connectivity index (χ4v) is 3.19. The van der Waals surface area contributed by atoms with E-state index in [4.69, 9.17) is 17.3 Å². The van der Waals surface area contributed by atoms with Crippen LogP contribution in [-0.2, 0) is 12.3 Å². The van der Waals surface area contributed by atoms with Crippen LogP contribution in [0.25, 0.3) is 0 Å². The van der Waals surface area contributed by atoms with Gasteiger partial charge in [0.15, 0.2) is 5.72 Å². The summed E-state index contributed by atoms with van der Waals surface area (Å²) in [5.74, 6) is -1.57. The molecule has 0 saturated heterocycles. The predicted molar refractivity (Wildman–Crippen MR) is 85.3 cm³/mol. The smallest absolute Gasteiger partial charge is 0.279 e. The lowest BCUT2D eigenvalue weighted by Crippen LogP contribution is -2.40. The average molecular weight is 368 g/mol. The number of carbonyl (C=O) groups excluding carboxylic acids is 1. The number of nitro groups is 1. The highest BCUT2D eigenvalue weighted by Crippen LogP contribution is 2.45. The number of nitrogen functional groups attached to an aromatic ring is 1. The van der Waals surface area contributed by atoms with Gasteiger partial charge in [-0.25, -0.2) is 4.39 Å². The molecule has 1 unspecified atom stereocenters. The monoisotopic (exact) mass is 367 g/mol.